The number of rotatable bonds is 3. The molecule has 0 bridgehead atoms. The summed E-state index contributed by atoms with van der Waals surface area (Å²) < 4.78 is 5.72. The second kappa shape index (κ2) is 5.77. The molecule has 0 aliphatic carbocycles. The molecule has 0 fully saturated rings. The van der Waals surface area contributed by atoms with E-state index in [0.29, 0.717) is 0 Å². The normalized spacial score (nSPS) is 14.2. The number of benzene rings is 1. The highest BCUT2D eigenvalue weighted by Crippen LogP contribution is 2.41. The van der Waals surface area contributed by atoms with Gasteiger partial charge in [0.15, 0.2) is 0 Å². The highest BCUT2D eigenvalue weighted by molar-refractivity contribution is 5.51. The highest BCUT2D eigenvalue weighted by Gasteiger charge is 2.28. The van der Waals surface area contributed by atoms with Crippen LogP contribution in [0.5, 0.6) is 5.75 Å². The lowest BCUT2D eigenvalue weighted by molar-refractivity contribution is 0.173. The molecule has 0 aliphatic heterocycles. The third kappa shape index (κ3) is 3.54. The molecule has 1 N–H and O–H groups in total. The lowest BCUT2D eigenvalue weighted by Gasteiger charge is -2.30. The van der Waals surface area contributed by atoms with Gasteiger partial charge in [0, 0.05) is 11.1 Å². The van der Waals surface area contributed by atoms with Gasteiger partial charge in [-0.05, 0) is 34.9 Å². The predicted molar refractivity (Wildman–Crippen MR) is 85.6 cm³/mol. The van der Waals surface area contributed by atoms with Crippen LogP contribution in [-0.2, 0) is 10.8 Å². The SMILES string of the molecule is CCC(O)c1cc(C(C)(C)C)c(OC)c(C(C)(C)C)c1. The molecular weight excluding hydrogens is 248 g/mol. The average molecular weight is 278 g/mol. The van der Waals surface area contributed by atoms with Gasteiger partial charge in [-0.2, -0.15) is 0 Å². The molecule has 0 saturated carbocycles. The fourth-order valence-corrected chi connectivity index (χ4v) is 2.41. The molecule has 20 heavy (non-hydrogen) atoms. The van der Waals surface area contributed by atoms with Crippen LogP contribution in [0.15, 0.2) is 12.1 Å². The quantitative estimate of drug-likeness (QED) is 0.866. The highest BCUT2D eigenvalue weighted by atomic mass is 16.5. The molecule has 1 aromatic carbocycles. The molecule has 1 atom stereocenters. The second-order valence-electron chi connectivity index (χ2n) is 7.57. The van der Waals surface area contributed by atoms with Gasteiger partial charge in [-0.1, -0.05) is 48.5 Å². The van der Waals surface area contributed by atoms with E-state index in [2.05, 4.69) is 53.7 Å². The van der Waals surface area contributed by atoms with Crippen molar-refractivity contribution in [2.75, 3.05) is 7.11 Å². The fraction of sp³-hybridized carbons (Fsp3) is 0.667. The summed E-state index contributed by atoms with van der Waals surface area (Å²) in [6, 6.07) is 4.20. The Morgan fingerprint density at radius 1 is 1.00 bits per heavy atom. The van der Waals surface area contributed by atoms with Crippen LogP contribution in [0.3, 0.4) is 0 Å². The van der Waals surface area contributed by atoms with E-state index in [0.717, 1.165) is 28.9 Å². The molecule has 0 aromatic heterocycles. The first kappa shape index (κ1) is 17.0. The van der Waals surface area contributed by atoms with E-state index >= 15 is 0 Å². The maximum atomic E-state index is 10.2. The first-order chi connectivity index (χ1) is 9.02. The van der Waals surface area contributed by atoms with Crippen LogP contribution in [0.25, 0.3) is 0 Å². The van der Waals surface area contributed by atoms with Crippen molar-refractivity contribution in [1.29, 1.82) is 0 Å². The number of methoxy groups -OCH3 is 1. The minimum Gasteiger partial charge on any atom is -0.496 e. The largest absolute Gasteiger partial charge is 0.496 e. The summed E-state index contributed by atoms with van der Waals surface area (Å²) in [4.78, 5) is 0. The summed E-state index contributed by atoms with van der Waals surface area (Å²) in [7, 11) is 1.73. The van der Waals surface area contributed by atoms with Gasteiger partial charge in [0.25, 0.3) is 0 Å². The number of hydrogen-bond acceptors (Lipinski definition) is 2. The topological polar surface area (TPSA) is 29.5 Å². The fourth-order valence-electron chi connectivity index (χ4n) is 2.41. The maximum Gasteiger partial charge on any atom is 0.126 e. The van der Waals surface area contributed by atoms with Crippen molar-refractivity contribution in [2.45, 2.75) is 71.8 Å². The average Bonchev–Trinajstić information content (AvgIpc) is 2.33. The smallest absolute Gasteiger partial charge is 0.126 e. The first-order valence-corrected chi connectivity index (χ1v) is 7.43. The van der Waals surface area contributed by atoms with Gasteiger partial charge in [0.2, 0.25) is 0 Å². The molecule has 2 heteroatoms. The number of hydrogen-bond donors (Lipinski definition) is 1. The van der Waals surface area contributed by atoms with Gasteiger partial charge < -0.3 is 9.84 Å². The molecular formula is C18H30O2. The van der Waals surface area contributed by atoms with Gasteiger partial charge in [-0.3, -0.25) is 0 Å². The van der Waals surface area contributed by atoms with Crippen molar-refractivity contribution in [3.63, 3.8) is 0 Å². The minimum absolute atomic E-state index is 0.0190. The van der Waals surface area contributed by atoms with Crippen LogP contribution >= 0.6 is 0 Å². The van der Waals surface area contributed by atoms with Crippen LogP contribution in [0.1, 0.15) is 77.7 Å². The Balaban J connectivity index is 3.65. The van der Waals surface area contributed by atoms with Gasteiger partial charge in [0.1, 0.15) is 5.75 Å². The summed E-state index contributed by atoms with van der Waals surface area (Å²) in [6.45, 7) is 15.1. The van der Waals surface area contributed by atoms with E-state index in [1.54, 1.807) is 7.11 Å². The van der Waals surface area contributed by atoms with E-state index < -0.39 is 6.10 Å². The molecule has 0 radical (unpaired) electrons. The van der Waals surface area contributed by atoms with Crippen molar-refractivity contribution in [3.8, 4) is 5.75 Å². The van der Waals surface area contributed by atoms with Gasteiger partial charge in [-0.15, -0.1) is 0 Å². The molecule has 1 unspecified atom stereocenters. The molecule has 1 aromatic rings. The van der Waals surface area contributed by atoms with Crippen molar-refractivity contribution < 1.29 is 9.84 Å². The molecule has 0 aliphatic rings. The number of ether oxygens (including phenoxy) is 1. The zero-order valence-corrected chi connectivity index (χ0v) is 14.3. The zero-order valence-electron chi connectivity index (χ0n) is 14.3. The van der Waals surface area contributed by atoms with Gasteiger partial charge in [0.05, 0.1) is 13.2 Å². The Kier molecular flexibility index (Phi) is 4.91. The third-order valence-corrected chi connectivity index (χ3v) is 3.70. The molecule has 2 nitrogen and oxygen atoms in total. The van der Waals surface area contributed by atoms with E-state index in [9.17, 15) is 5.11 Å². The number of aliphatic hydroxyl groups is 1. The first-order valence-electron chi connectivity index (χ1n) is 7.43. The Hall–Kier alpha value is -1.02. The molecule has 0 saturated heterocycles. The van der Waals surface area contributed by atoms with Crippen molar-refractivity contribution >= 4 is 0 Å². The lowest BCUT2D eigenvalue weighted by Crippen LogP contribution is -2.20. The standard InChI is InChI=1S/C18H30O2/c1-9-15(19)12-10-13(17(2,3)4)16(20-8)14(11-12)18(5,6)7/h10-11,15,19H,9H2,1-8H3. The Morgan fingerprint density at radius 2 is 1.40 bits per heavy atom. The van der Waals surface area contributed by atoms with Crippen LogP contribution in [0.4, 0.5) is 0 Å². The summed E-state index contributed by atoms with van der Waals surface area (Å²) in [6.07, 6.45) is 0.308. The summed E-state index contributed by atoms with van der Waals surface area (Å²) >= 11 is 0. The Labute approximate surface area is 124 Å². The maximum absolute atomic E-state index is 10.2. The Morgan fingerprint density at radius 3 is 1.65 bits per heavy atom. The van der Waals surface area contributed by atoms with Crippen molar-refractivity contribution in [2.24, 2.45) is 0 Å². The van der Waals surface area contributed by atoms with Crippen LogP contribution in [0, 0.1) is 0 Å². The van der Waals surface area contributed by atoms with E-state index in [-0.39, 0.29) is 10.8 Å². The predicted octanol–water partition coefficient (Wildman–Crippen LogP) is 4.73. The van der Waals surface area contributed by atoms with E-state index in [1.807, 2.05) is 6.92 Å². The molecule has 0 amide bonds. The minimum atomic E-state index is -0.414. The van der Waals surface area contributed by atoms with Crippen LogP contribution < -0.4 is 4.74 Å². The van der Waals surface area contributed by atoms with E-state index in [1.165, 1.54) is 0 Å². The molecule has 114 valence electrons. The third-order valence-electron chi connectivity index (χ3n) is 3.70. The Bertz CT molecular complexity index is 426. The van der Waals surface area contributed by atoms with Crippen molar-refractivity contribution in [3.05, 3.63) is 28.8 Å². The molecule has 0 heterocycles. The molecule has 0 spiro atoms. The molecule has 1 rings (SSSR count). The van der Waals surface area contributed by atoms with Crippen molar-refractivity contribution in [1.82, 2.24) is 0 Å². The second-order valence-corrected chi connectivity index (χ2v) is 7.57. The lowest BCUT2D eigenvalue weighted by atomic mass is 9.77. The van der Waals surface area contributed by atoms with Crippen LogP contribution in [0.2, 0.25) is 0 Å². The summed E-state index contributed by atoms with van der Waals surface area (Å²) in [5.41, 5.74) is 3.27. The monoisotopic (exact) mass is 278 g/mol. The van der Waals surface area contributed by atoms with E-state index in [4.69, 9.17) is 4.74 Å². The van der Waals surface area contributed by atoms with Gasteiger partial charge in [-0.25, -0.2) is 0 Å². The number of aliphatic hydroxyl groups excluding tert-OH is 1. The summed E-state index contributed by atoms with van der Waals surface area (Å²) in [5.74, 6) is 0.956. The van der Waals surface area contributed by atoms with Gasteiger partial charge >= 0.3 is 0 Å². The summed E-state index contributed by atoms with van der Waals surface area (Å²) in [5, 5.41) is 10.2. The van der Waals surface area contributed by atoms with Crippen LogP contribution in [-0.4, -0.2) is 12.2 Å². The zero-order chi connectivity index (χ0) is 15.7.